The average molecular weight is 289 g/mol. The Morgan fingerprint density at radius 2 is 1.95 bits per heavy atom. The Bertz CT molecular complexity index is 599. The van der Waals surface area contributed by atoms with E-state index in [2.05, 4.69) is 40.2 Å². The number of benzene rings is 1. The van der Waals surface area contributed by atoms with Crippen LogP contribution in [0.3, 0.4) is 0 Å². The summed E-state index contributed by atoms with van der Waals surface area (Å²) in [6.45, 7) is 4.14. The molecule has 21 heavy (non-hydrogen) atoms. The van der Waals surface area contributed by atoms with Gasteiger partial charge in [-0.05, 0) is 38.0 Å². The molecule has 0 radical (unpaired) electrons. The van der Waals surface area contributed by atoms with Crippen molar-refractivity contribution in [3.05, 3.63) is 23.9 Å². The van der Waals surface area contributed by atoms with Gasteiger partial charge < -0.3 is 14.4 Å². The second-order valence-electron chi connectivity index (χ2n) is 5.71. The Morgan fingerprint density at radius 1 is 1.24 bits per heavy atom. The summed E-state index contributed by atoms with van der Waals surface area (Å²) in [4.78, 5) is 2.44. The second kappa shape index (κ2) is 6.03. The summed E-state index contributed by atoms with van der Waals surface area (Å²) in [6, 6.07) is 6.49. The van der Waals surface area contributed by atoms with E-state index in [9.17, 15) is 0 Å². The molecular formula is C16H23N3O2. The molecule has 0 unspecified atom stereocenters. The first kappa shape index (κ1) is 14.4. The Balaban J connectivity index is 1.72. The summed E-state index contributed by atoms with van der Waals surface area (Å²) in [6.07, 6.45) is 2.11. The monoisotopic (exact) mass is 289 g/mol. The van der Waals surface area contributed by atoms with E-state index in [-0.39, 0.29) is 6.29 Å². The van der Waals surface area contributed by atoms with E-state index in [1.807, 2.05) is 0 Å². The number of H-pyrrole nitrogens is 1. The molecule has 0 aliphatic carbocycles. The minimum absolute atomic E-state index is 0.0780. The summed E-state index contributed by atoms with van der Waals surface area (Å²) in [5, 5.41) is 8.54. The molecule has 1 saturated heterocycles. The van der Waals surface area contributed by atoms with Gasteiger partial charge in [0.2, 0.25) is 0 Å². The molecule has 1 aliphatic heterocycles. The standard InChI is InChI=1S/C16H23N3O2/c1-11-14-10-13(4-5-15(14)18-17-11)19-8-6-12(7-9-19)16(20-2)21-3/h4-5,10,12,16H,6-9H2,1-3H3,(H,17,18). The zero-order chi connectivity index (χ0) is 14.8. The number of anilines is 1. The maximum atomic E-state index is 5.39. The molecule has 0 bridgehead atoms. The number of hydrogen-bond acceptors (Lipinski definition) is 4. The van der Waals surface area contributed by atoms with Crippen molar-refractivity contribution in [3.63, 3.8) is 0 Å². The lowest BCUT2D eigenvalue weighted by molar-refractivity contribution is -0.141. The highest BCUT2D eigenvalue weighted by Gasteiger charge is 2.26. The van der Waals surface area contributed by atoms with E-state index in [1.54, 1.807) is 14.2 Å². The van der Waals surface area contributed by atoms with Crippen molar-refractivity contribution >= 4 is 16.6 Å². The number of nitrogens with one attached hydrogen (secondary N) is 1. The predicted octanol–water partition coefficient (Wildman–Crippen LogP) is 2.71. The minimum Gasteiger partial charge on any atom is -0.371 e. The summed E-state index contributed by atoms with van der Waals surface area (Å²) in [5.41, 5.74) is 3.43. The van der Waals surface area contributed by atoms with Crippen molar-refractivity contribution in [3.8, 4) is 0 Å². The van der Waals surface area contributed by atoms with Crippen LogP contribution in [0, 0.1) is 12.8 Å². The highest BCUT2D eigenvalue weighted by molar-refractivity contribution is 5.84. The number of aromatic nitrogens is 2. The molecule has 114 valence electrons. The van der Waals surface area contributed by atoms with Crippen LogP contribution in [0.25, 0.3) is 10.9 Å². The molecule has 1 fully saturated rings. The molecule has 1 aromatic carbocycles. The molecule has 5 heteroatoms. The number of methoxy groups -OCH3 is 2. The third-order valence-corrected chi connectivity index (χ3v) is 4.48. The maximum Gasteiger partial charge on any atom is 0.159 e. The molecule has 1 aliphatic rings. The first-order valence-corrected chi connectivity index (χ1v) is 7.48. The van der Waals surface area contributed by atoms with Crippen LogP contribution in [0.5, 0.6) is 0 Å². The van der Waals surface area contributed by atoms with Crippen LogP contribution >= 0.6 is 0 Å². The number of aromatic amines is 1. The van der Waals surface area contributed by atoms with Crippen LogP contribution < -0.4 is 4.90 Å². The minimum atomic E-state index is -0.0780. The van der Waals surface area contributed by atoms with Crippen molar-refractivity contribution in [2.24, 2.45) is 5.92 Å². The van der Waals surface area contributed by atoms with Crippen LogP contribution in [-0.2, 0) is 9.47 Å². The van der Waals surface area contributed by atoms with E-state index >= 15 is 0 Å². The number of ether oxygens (including phenoxy) is 2. The normalized spacial score (nSPS) is 17.0. The number of aryl methyl sites for hydroxylation is 1. The van der Waals surface area contributed by atoms with Gasteiger partial charge in [-0.25, -0.2) is 0 Å². The summed E-state index contributed by atoms with van der Waals surface area (Å²) in [7, 11) is 3.44. The summed E-state index contributed by atoms with van der Waals surface area (Å²) >= 11 is 0. The van der Waals surface area contributed by atoms with Crippen LogP contribution in [0.1, 0.15) is 18.5 Å². The van der Waals surface area contributed by atoms with E-state index in [4.69, 9.17) is 9.47 Å². The number of piperidine rings is 1. The first-order valence-electron chi connectivity index (χ1n) is 7.48. The van der Waals surface area contributed by atoms with Crippen molar-refractivity contribution in [2.45, 2.75) is 26.1 Å². The Labute approximate surface area is 125 Å². The van der Waals surface area contributed by atoms with Gasteiger partial charge in [-0.1, -0.05) is 0 Å². The summed E-state index contributed by atoms with van der Waals surface area (Å²) < 4.78 is 10.8. The molecule has 0 spiro atoms. The molecule has 2 aromatic rings. The summed E-state index contributed by atoms with van der Waals surface area (Å²) in [5.74, 6) is 0.482. The van der Waals surface area contributed by atoms with E-state index in [0.717, 1.165) is 37.1 Å². The van der Waals surface area contributed by atoms with Crippen molar-refractivity contribution in [1.29, 1.82) is 0 Å². The molecule has 1 N–H and O–H groups in total. The molecule has 0 saturated carbocycles. The van der Waals surface area contributed by atoms with Gasteiger partial charge in [0.25, 0.3) is 0 Å². The van der Waals surface area contributed by atoms with Gasteiger partial charge >= 0.3 is 0 Å². The van der Waals surface area contributed by atoms with Gasteiger partial charge in [-0.15, -0.1) is 0 Å². The van der Waals surface area contributed by atoms with E-state index in [0.29, 0.717) is 5.92 Å². The van der Waals surface area contributed by atoms with Gasteiger partial charge in [-0.2, -0.15) is 5.10 Å². The smallest absolute Gasteiger partial charge is 0.159 e. The van der Waals surface area contributed by atoms with Gasteiger partial charge in [0.05, 0.1) is 5.52 Å². The zero-order valence-corrected chi connectivity index (χ0v) is 12.9. The lowest BCUT2D eigenvalue weighted by Crippen LogP contribution is -2.39. The fraction of sp³-hybridized carbons (Fsp3) is 0.562. The third kappa shape index (κ3) is 2.76. The second-order valence-corrected chi connectivity index (χ2v) is 5.71. The quantitative estimate of drug-likeness (QED) is 0.879. The number of nitrogens with zero attached hydrogens (tertiary/aromatic N) is 2. The number of fused-ring (bicyclic) bond motifs is 1. The van der Waals surface area contributed by atoms with Crippen LogP contribution in [0.2, 0.25) is 0 Å². The van der Waals surface area contributed by atoms with Crippen molar-refractivity contribution < 1.29 is 9.47 Å². The van der Waals surface area contributed by atoms with Gasteiger partial charge in [-0.3, -0.25) is 5.10 Å². The fourth-order valence-electron chi connectivity index (χ4n) is 3.23. The molecule has 1 aromatic heterocycles. The highest BCUT2D eigenvalue weighted by atomic mass is 16.7. The molecular weight excluding hydrogens is 266 g/mol. The highest BCUT2D eigenvalue weighted by Crippen LogP contribution is 2.29. The molecule has 0 atom stereocenters. The topological polar surface area (TPSA) is 50.4 Å². The Hall–Kier alpha value is -1.59. The van der Waals surface area contributed by atoms with Gasteiger partial charge in [0, 0.05) is 50.0 Å². The molecule has 5 nitrogen and oxygen atoms in total. The van der Waals surface area contributed by atoms with E-state index < -0.39 is 0 Å². The Kier molecular flexibility index (Phi) is 4.12. The average Bonchev–Trinajstić information content (AvgIpc) is 2.90. The van der Waals surface area contributed by atoms with E-state index in [1.165, 1.54) is 11.1 Å². The van der Waals surface area contributed by atoms with Crippen LogP contribution in [0.4, 0.5) is 5.69 Å². The van der Waals surface area contributed by atoms with Gasteiger partial charge in [0.1, 0.15) is 0 Å². The molecule has 0 amide bonds. The SMILES string of the molecule is COC(OC)C1CCN(c2ccc3n[nH]c(C)c3c2)CC1. The molecule has 3 rings (SSSR count). The van der Waals surface area contributed by atoms with Crippen LogP contribution in [0.15, 0.2) is 18.2 Å². The lowest BCUT2D eigenvalue weighted by atomic mass is 9.95. The van der Waals surface area contributed by atoms with Crippen LogP contribution in [-0.4, -0.2) is 43.8 Å². The van der Waals surface area contributed by atoms with Crippen molar-refractivity contribution in [1.82, 2.24) is 10.2 Å². The maximum absolute atomic E-state index is 5.39. The fourth-order valence-corrected chi connectivity index (χ4v) is 3.23. The zero-order valence-electron chi connectivity index (χ0n) is 12.9. The number of rotatable bonds is 4. The van der Waals surface area contributed by atoms with Gasteiger partial charge in [0.15, 0.2) is 6.29 Å². The lowest BCUT2D eigenvalue weighted by Gasteiger charge is -2.36. The number of hydrogen-bond donors (Lipinski definition) is 1. The first-order chi connectivity index (χ1) is 10.2. The largest absolute Gasteiger partial charge is 0.371 e. The van der Waals surface area contributed by atoms with Crippen molar-refractivity contribution in [2.75, 3.05) is 32.2 Å². The molecule has 2 heterocycles. The Morgan fingerprint density at radius 3 is 2.62 bits per heavy atom. The third-order valence-electron chi connectivity index (χ3n) is 4.48. The predicted molar refractivity (Wildman–Crippen MR) is 83.6 cm³/mol.